The summed E-state index contributed by atoms with van der Waals surface area (Å²) in [4.78, 5) is -0.544. The second-order valence-corrected chi connectivity index (χ2v) is 50.6. The van der Waals surface area contributed by atoms with Gasteiger partial charge in [-0.1, -0.05) is 0 Å². The van der Waals surface area contributed by atoms with Crippen molar-refractivity contribution in [1.82, 2.24) is 0 Å². The zero-order valence-electron chi connectivity index (χ0n) is 2.53. The van der Waals surface area contributed by atoms with E-state index in [9.17, 15) is 0 Å². The third-order valence-corrected chi connectivity index (χ3v) is 106. The Labute approximate surface area is 48.9 Å². The van der Waals surface area contributed by atoms with E-state index in [0.717, 1.165) is 0 Å². The molecule has 0 aliphatic carbocycles. The molecule has 4 aliphatic heterocycles. The molecule has 36 valence electrons. The molecule has 6 heteroatoms. The van der Waals surface area contributed by atoms with Gasteiger partial charge in [0.05, 0.1) is 0 Å². The van der Waals surface area contributed by atoms with Crippen LogP contribution in [0.5, 0.6) is 0 Å². The van der Waals surface area contributed by atoms with E-state index in [0.29, 0.717) is 0 Å². The molecule has 0 unspecified atom stereocenters. The Morgan fingerprint density at radius 1 is 1.00 bits per heavy atom. The quantitative estimate of drug-likeness (QED) is 0.268. The monoisotopic (exact) mass is 192 g/mol. The third-order valence-electron chi connectivity index (χ3n) is 1.53. The van der Waals surface area contributed by atoms with Gasteiger partial charge in [0.25, 0.3) is 0 Å². The molecule has 0 radical (unpaired) electrons. The molecule has 4 rings (SSSR count). The molecule has 4 saturated heterocycles. The Morgan fingerprint density at radius 2 is 1.17 bits per heavy atom. The number of thiol groups is 1. The van der Waals surface area contributed by atoms with Crippen molar-refractivity contribution in [2.75, 3.05) is 0 Å². The predicted octanol–water partition coefficient (Wildman–Crippen LogP) is 3.83. The van der Waals surface area contributed by atoms with E-state index in [4.69, 9.17) is 0 Å². The molecule has 0 amide bonds. The van der Waals surface area contributed by atoms with Crippen LogP contribution in [-0.2, 0) is 0 Å². The summed E-state index contributed by atoms with van der Waals surface area (Å²) in [5.41, 5.74) is 0. The molecule has 0 atom stereocenters. The molecule has 0 nitrogen and oxygen atoms in total. The molecule has 4 heterocycles. The molecule has 0 spiro atoms. The molecule has 4 fully saturated rings. The van der Waals surface area contributed by atoms with Gasteiger partial charge in [-0.05, 0) is 0 Å². The van der Waals surface area contributed by atoms with Crippen LogP contribution in [0.2, 0.25) is 0 Å². The van der Waals surface area contributed by atoms with Crippen molar-refractivity contribution in [2.24, 2.45) is 0 Å². The number of hydrogen-bond acceptors (Lipinski definition) is 4. The fourth-order valence-corrected chi connectivity index (χ4v) is 183. The van der Waals surface area contributed by atoms with Crippen LogP contribution in [0.25, 0.3) is 0 Å². The van der Waals surface area contributed by atoms with E-state index in [1.807, 2.05) is 0 Å². The average molecular weight is 192 g/mol. The molecule has 6 heavy (non-hydrogen) atoms. The van der Waals surface area contributed by atoms with Gasteiger partial charge in [-0.15, -0.1) is 0 Å². The first-order valence-corrected chi connectivity index (χ1v) is 14.9. The van der Waals surface area contributed by atoms with Gasteiger partial charge in [0.1, 0.15) is 0 Å². The Kier molecular flexibility index (Phi) is 0.225. The van der Waals surface area contributed by atoms with E-state index in [1.54, 1.807) is 0 Å². The fourth-order valence-electron chi connectivity index (χ4n) is 0.884. The number of hydrogen-bond donors (Lipinski definition) is 1. The zero-order valence-corrected chi connectivity index (χ0v) is 7.58. The Balaban J connectivity index is 2.64. The minimum absolute atomic E-state index is 0.544. The van der Waals surface area contributed by atoms with Crippen molar-refractivity contribution >= 4 is 49.2 Å². The van der Waals surface area contributed by atoms with Gasteiger partial charge >= 0.3 is 49.2 Å². The molecule has 4 aliphatic rings. The van der Waals surface area contributed by atoms with Crippen LogP contribution in [0, 0.1) is 0 Å². The molecular weight excluding hydrogens is 191 g/mol. The van der Waals surface area contributed by atoms with Crippen LogP contribution in [0.3, 0.4) is 0 Å². The van der Waals surface area contributed by atoms with Gasteiger partial charge < -0.3 is 0 Å². The van der Waals surface area contributed by atoms with Gasteiger partial charge in [0.2, 0.25) is 0 Å². The zero-order chi connectivity index (χ0) is 3.72. The number of rotatable bonds is 0. The summed E-state index contributed by atoms with van der Waals surface area (Å²) in [7, 11) is 9.71. The summed E-state index contributed by atoms with van der Waals surface area (Å²) in [6.07, 6.45) is 0. The standard InChI is InChI=1S/HPS5/c2-1-3-6(1,2,4-1)5-1/h6H. The molecule has 0 N–H and O–H groups in total. The van der Waals surface area contributed by atoms with Crippen molar-refractivity contribution in [1.29, 1.82) is 0 Å². The van der Waals surface area contributed by atoms with Gasteiger partial charge in [0.15, 0.2) is 0 Å². The van der Waals surface area contributed by atoms with E-state index >= 15 is 0 Å². The molecule has 0 saturated carbocycles. The summed E-state index contributed by atoms with van der Waals surface area (Å²) in [6.45, 7) is 0. The van der Waals surface area contributed by atoms with E-state index in [2.05, 4.69) is 41.7 Å². The van der Waals surface area contributed by atoms with Crippen molar-refractivity contribution in [3.05, 3.63) is 0 Å². The summed E-state index contributed by atoms with van der Waals surface area (Å²) < 4.78 is -0.544. The van der Waals surface area contributed by atoms with E-state index in [-0.39, 0.29) is 0 Å². The molecule has 0 aromatic heterocycles. The van der Waals surface area contributed by atoms with Crippen molar-refractivity contribution < 1.29 is 0 Å². The first-order chi connectivity index (χ1) is 2.73. The van der Waals surface area contributed by atoms with E-state index < -0.39 is 7.52 Å². The van der Waals surface area contributed by atoms with Crippen molar-refractivity contribution in [2.45, 2.75) is 0 Å². The topological polar surface area (TPSA) is 0 Å². The fraction of sp³-hybridized carbons (Fsp3) is 0. The van der Waals surface area contributed by atoms with Crippen LogP contribution in [-0.4, -0.2) is 0 Å². The average Bonchev–Trinajstić information content (AvgIpc) is 1.25. The predicted molar refractivity (Wildman–Crippen MR) is 46.3 cm³/mol. The van der Waals surface area contributed by atoms with Gasteiger partial charge in [-0.2, -0.15) is 0 Å². The maximum absolute atomic E-state index is 2.43. The Bertz CT molecular complexity index is 149. The Morgan fingerprint density at radius 3 is 1.17 bits per heavy atom. The minimum atomic E-state index is -0.544. The van der Waals surface area contributed by atoms with Crippen LogP contribution in [0.4, 0.5) is 0 Å². The molecule has 0 aromatic carbocycles. The van der Waals surface area contributed by atoms with Gasteiger partial charge in [0, 0.05) is 0 Å². The first-order valence-electron chi connectivity index (χ1n) is 1.66. The summed E-state index contributed by atoms with van der Waals surface area (Å²) in [5.74, 6) is 0. The van der Waals surface area contributed by atoms with Crippen molar-refractivity contribution in [3.8, 4) is 0 Å². The second kappa shape index (κ2) is 0.400. The third kappa shape index (κ3) is 0.0932. The summed E-state index contributed by atoms with van der Waals surface area (Å²) in [6, 6.07) is 0. The second-order valence-electron chi connectivity index (χ2n) is 1.87. The normalized spacial score (nSPS) is 82.7. The van der Waals surface area contributed by atoms with Crippen LogP contribution >= 0.6 is 49.2 Å². The van der Waals surface area contributed by atoms with Crippen LogP contribution in [0.1, 0.15) is 0 Å². The maximum atomic E-state index is 2.43. The van der Waals surface area contributed by atoms with E-state index in [1.165, 1.54) is 0 Å². The molecule has 0 bridgehead atoms. The van der Waals surface area contributed by atoms with Gasteiger partial charge in [-0.3, -0.25) is 0 Å². The van der Waals surface area contributed by atoms with Gasteiger partial charge in [-0.25, -0.2) is 0 Å². The SMILES string of the molecule is S1P234S[SH]12(S3)S4. The first kappa shape index (κ1) is 3.37. The van der Waals surface area contributed by atoms with Crippen LogP contribution < -0.4 is 0 Å². The van der Waals surface area contributed by atoms with Crippen LogP contribution in [0.15, 0.2) is 0 Å². The van der Waals surface area contributed by atoms with Crippen molar-refractivity contribution in [3.63, 3.8) is 0 Å². The molecule has 0 aromatic rings. The summed E-state index contributed by atoms with van der Waals surface area (Å²) >= 11 is 0. The Hall–Kier alpha value is 2.18. The molecular formula is HPS5. The summed E-state index contributed by atoms with van der Waals surface area (Å²) in [5, 5.41) is 0.